The fourth-order valence-electron chi connectivity index (χ4n) is 3.57. The maximum Gasteiger partial charge on any atom is 0.326 e. The van der Waals surface area contributed by atoms with Gasteiger partial charge in [0.1, 0.15) is 12.1 Å². The van der Waals surface area contributed by atoms with Crippen LogP contribution in [-0.4, -0.2) is 63.2 Å². The highest BCUT2D eigenvalue weighted by molar-refractivity contribution is 7.80. The van der Waals surface area contributed by atoms with Crippen molar-refractivity contribution in [1.82, 2.24) is 15.2 Å². The molecule has 0 unspecified atom stereocenters. The maximum absolute atomic E-state index is 13.1. The lowest BCUT2D eigenvalue weighted by Crippen LogP contribution is -2.55. The Morgan fingerprint density at radius 2 is 2.11 bits per heavy atom. The maximum atomic E-state index is 13.1. The molecule has 28 heavy (non-hydrogen) atoms. The number of carbonyl (C=O) groups excluding carboxylic acids is 2. The number of aromatic amines is 1. The van der Waals surface area contributed by atoms with E-state index in [2.05, 4.69) is 22.9 Å². The number of hydrogen-bond donors (Lipinski definition) is 5. The Morgan fingerprint density at radius 1 is 1.36 bits per heavy atom. The van der Waals surface area contributed by atoms with Crippen molar-refractivity contribution in [3.05, 3.63) is 36.0 Å². The summed E-state index contributed by atoms with van der Waals surface area (Å²) in [7, 11) is 0. The van der Waals surface area contributed by atoms with Crippen LogP contribution in [0.4, 0.5) is 0 Å². The van der Waals surface area contributed by atoms with Gasteiger partial charge in [-0.2, -0.15) is 12.6 Å². The zero-order valence-electron chi connectivity index (χ0n) is 15.3. The number of aliphatic carboxylic acids is 1. The number of benzene rings is 1. The number of nitrogens with zero attached hydrogens (tertiary/aromatic N) is 1. The monoisotopic (exact) mass is 404 g/mol. The molecule has 1 aromatic heterocycles. The van der Waals surface area contributed by atoms with Gasteiger partial charge < -0.3 is 26.0 Å². The summed E-state index contributed by atoms with van der Waals surface area (Å²) in [6, 6.07) is 5.03. The number of aromatic nitrogens is 1. The van der Waals surface area contributed by atoms with Gasteiger partial charge in [-0.3, -0.25) is 9.59 Å². The third-order valence-corrected chi connectivity index (χ3v) is 5.46. The van der Waals surface area contributed by atoms with Gasteiger partial charge in [0, 0.05) is 35.8 Å². The van der Waals surface area contributed by atoms with Crippen LogP contribution in [-0.2, 0) is 20.8 Å². The number of fused-ring (bicyclic) bond motifs is 1. The first-order valence-corrected chi connectivity index (χ1v) is 9.80. The van der Waals surface area contributed by atoms with Gasteiger partial charge in [-0.25, -0.2) is 4.79 Å². The molecule has 9 heteroatoms. The van der Waals surface area contributed by atoms with Gasteiger partial charge in [0.05, 0.1) is 6.04 Å². The van der Waals surface area contributed by atoms with Crippen molar-refractivity contribution in [2.45, 2.75) is 37.4 Å². The first-order valence-electron chi connectivity index (χ1n) is 9.17. The summed E-state index contributed by atoms with van der Waals surface area (Å²) in [5, 5.41) is 13.0. The van der Waals surface area contributed by atoms with Crippen LogP contribution in [0.2, 0.25) is 0 Å². The lowest BCUT2D eigenvalue weighted by Gasteiger charge is -2.28. The zero-order valence-corrected chi connectivity index (χ0v) is 16.2. The molecule has 5 N–H and O–H groups in total. The largest absolute Gasteiger partial charge is 0.480 e. The number of thiol groups is 1. The number of nitrogens with two attached hydrogens (primary N) is 1. The second-order valence-electron chi connectivity index (χ2n) is 6.94. The van der Waals surface area contributed by atoms with E-state index >= 15 is 0 Å². The minimum absolute atomic E-state index is 0.140. The molecular formula is C19H24N4O4S. The number of rotatable bonds is 7. The highest BCUT2D eigenvalue weighted by atomic mass is 32.1. The van der Waals surface area contributed by atoms with Crippen molar-refractivity contribution in [3.8, 4) is 0 Å². The number of para-hydroxylation sites is 1. The van der Waals surface area contributed by atoms with Crippen LogP contribution < -0.4 is 11.1 Å². The molecule has 0 spiro atoms. The van der Waals surface area contributed by atoms with E-state index in [0.29, 0.717) is 19.4 Å². The van der Waals surface area contributed by atoms with E-state index in [1.807, 2.05) is 24.3 Å². The lowest BCUT2D eigenvalue weighted by molar-refractivity contribution is -0.149. The van der Waals surface area contributed by atoms with E-state index in [1.54, 1.807) is 6.20 Å². The molecule has 1 saturated heterocycles. The van der Waals surface area contributed by atoms with Crippen molar-refractivity contribution in [3.63, 3.8) is 0 Å². The van der Waals surface area contributed by atoms with Gasteiger partial charge in [-0.05, 0) is 24.5 Å². The van der Waals surface area contributed by atoms with Crippen LogP contribution in [0.15, 0.2) is 30.5 Å². The SMILES string of the molecule is N[C@@H](CS)C(=O)N[C@@H](Cc1c[nH]c2ccccc12)C(=O)N1CCC[C@@H]1C(=O)O. The summed E-state index contributed by atoms with van der Waals surface area (Å²) in [5.74, 6) is -1.79. The number of hydrogen-bond acceptors (Lipinski definition) is 5. The van der Waals surface area contributed by atoms with E-state index < -0.39 is 35.9 Å². The Hall–Kier alpha value is -2.52. The zero-order chi connectivity index (χ0) is 20.3. The number of carboxylic acids is 1. The molecule has 1 aliphatic heterocycles. The third-order valence-electron chi connectivity index (χ3n) is 5.07. The first kappa shape index (κ1) is 20.2. The van der Waals surface area contributed by atoms with Crippen molar-refractivity contribution >= 4 is 41.3 Å². The number of carbonyl (C=O) groups is 3. The summed E-state index contributed by atoms with van der Waals surface area (Å²) in [4.78, 5) is 41.5. The van der Waals surface area contributed by atoms with Crippen molar-refractivity contribution in [1.29, 1.82) is 0 Å². The Labute approximate surface area is 167 Å². The average molecular weight is 404 g/mol. The Balaban J connectivity index is 1.87. The molecule has 0 bridgehead atoms. The molecule has 2 heterocycles. The topological polar surface area (TPSA) is 129 Å². The number of carboxylic acid groups (broad SMARTS) is 1. The van der Waals surface area contributed by atoms with Crippen LogP contribution >= 0.6 is 12.6 Å². The number of likely N-dealkylation sites (tertiary alicyclic amines) is 1. The predicted octanol–water partition coefficient (Wildman–Crippen LogP) is 0.528. The normalized spacial score (nSPS) is 18.8. The molecule has 0 radical (unpaired) electrons. The molecule has 3 rings (SSSR count). The summed E-state index contributed by atoms with van der Waals surface area (Å²) in [5.41, 5.74) is 7.53. The fraction of sp³-hybridized carbons (Fsp3) is 0.421. The van der Waals surface area contributed by atoms with Gasteiger partial charge in [0.15, 0.2) is 0 Å². The molecule has 2 aromatic rings. The van der Waals surface area contributed by atoms with E-state index in [-0.39, 0.29) is 12.2 Å². The Kier molecular flexibility index (Phi) is 6.25. The smallest absolute Gasteiger partial charge is 0.326 e. The van der Waals surface area contributed by atoms with Gasteiger partial charge in [-0.15, -0.1) is 0 Å². The molecule has 3 atom stereocenters. The molecule has 150 valence electrons. The van der Waals surface area contributed by atoms with E-state index in [1.165, 1.54) is 4.90 Å². The summed E-state index contributed by atoms with van der Waals surface area (Å²) >= 11 is 4.03. The molecule has 1 aromatic carbocycles. The Bertz CT molecular complexity index is 884. The Morgan fingerprint density at radius 3 is 2.82 bits per heavy atom. The van der Waals surface area contributed by atoms with Crippen LogP contribution in [0.3, 0.4) is 0 Å². The fourth-order valence-corrected chi connectivity index (χ4v) is 3.74. The van der Waals surface area contributed by atoms with Crippen molar-refractivity contribution in [2.24, 2.45) is 5.73 Å². The number of nitrogens with one attached hydrogen (secondary N) is 2. The van der Waals surface area contributed by atoms with Crippen molar-refractivity contribution < 1.29 is 19.5 Å². The number of amides is 2. The lowest BCUT2D eigenvalue weighted by atomic mass is 10.0. The summed E-state index contributed by atoms with van der Waals surface area (Å²) in [6.45, 7) is 0.356. The molecule has 1 aliphatic rings. The first-order chi connectivity index (χ1) is 13.4. The van der Waals surface area contributed by atoms with Gasteiger partial charge in [-0.1, -0.05) is 18.2 Å². The molecule has 2 amide bonds. The highest BCUT2D eigenvalue weighted by Crippen LogP contribution is 2.22. The molecule has 0 saturated carbocycles. The van der Waals surface area contributed by atoms with E-state index in [0.717, 1.165) is 16.5 Å². The minimum Gasteiger partial charge on any atom is -0.480 e. The quantitative estimate of drug-likeness (QED) is 0.430. The second kappa shape index (κ2) is 8.66. The van der Waals surface area contributed by atoms with E-state index in [4.69, 9.17) is 5.73 Å². The molecule has 0 aliphatic carbocycles. The minimum atomic E-state index is -1.03. The van der Waals surface area contributed by atoms with Crippen LogP contribution in [0, 0.1) is 0 Å². The molecular weight excluding hydrogens is 380 g/mol. The van der Waals surface area contributed by atoms with Gasteiger partial charge >= 0.3 is 5.97 Å². The molecule has 1 fully saturated rings. The third kappa shape index (κ3) is 4.15. The molecule has 8 nitrogen and oxygen atoms in total. The number of H-pyrrole nitrogens is 1. The average Bonchev–Trinajstić information content (AvgIpc) is 3.33. The van der Waals surface area contributed by atoms with Crippen molar-refractivity contribution in [2.75, 3.05) is 12.3 Å². The van der Waals surface area contributed by atoms with Crippen LogP contribution in [0.5, 0.6) is 0 Å². The standard InChI is InChI=1S/C19H24N4O4S/c20-13(10-28)17(24)22-15(18(25)23-7-3-6-16(23)19(26)27)8-11-9-21-14-5-2-1-4-12(11)14/h1-2,4-5,9,13,15-16,21,28H,3,6-8,10,20H2,(H,22,24)(H,26,27)/t13-,15-,16+/m0/s1. The van der Waals surface area contributed by atoms with Crippen LogP contribution in [0.1, 0.15) is 18.4 Å². The highest BCUT2D eigenvalue weighted by Gasteiger charge is 2.38. The van der Waals surface area contributed by atoms with Gasteiger partial charge in [0.25, 0.3) is 0 Å². The second-order valence-corrected chi connectivity index (χ2v) is 7.31. The van der Waals surface area contributed by atoms with Gasteiger partial charge in [0.2, 0.25) is 11.8 Å². The van der Waals surface area contributed by atoms with E-state index in [9.17, 15) is 19.5 Å². The predicted molar refractivity (Wildman–Crippen MR) is 108 cm³/mol. The summed E-state index contributed by atoms with van der Waals surface area (Å²) < 4.78 is 0. The van der Waals surface area contributed by atoms with Crippen LogP contribution in [0.25, 0.3) is 10.9 Å². The summed E-state index contributed by atoms with van der Waals surface area (Å²) in [6.07, 6.45) is 3.06.